The molecule has 1 aliphatic heterocycles. The summed E-state index contributed by atoms with van der Waals surface area (Å²) in [6.45, 7) is 2.28. The topological polar surface area (TPSA) is 86.7 Å². The van der Waals surface area contributed by atoms with E-state index < -0.39 is 12.0 Å². The SMILES string of the molecule is CC(CC(=O)O)NC(=O)CN1CCCCCC1=O. The normalized spacial score (nSPS) is 18.1. The summed E-state index contributed by atoms with van der Waals surface area (Å²) in [4.78, 5) is 35.3. The number of rotatable bonds is 5. The Bertz CT molecular complexity index is 330. The Hall–Kier alpha value is -1.59. The molecule has 1 saturated heterocycles. The molecule has 0 spiro atoms. The van der Waals surface area contributed by atoms with E-state index in [1.165, 1.54) is 0 Å². The molecule has 0 saturated carbocycles. The molecule has 18 heavy (non-hydrogen) atoms. The summed E-state index contributed by atoms with van der Waals surface area (Å²) < 4.78 is 0. The third kappa shape index (κ3) is 5.16. The van der Waals surface area contributed by atoms with Crippen LogP contribution >= 0.6 is 0 Å². The highest BCUT2D eigenvalue weighted by molar-refractivity contribution is 5.85. The van der Waals surface area contributed by atoms with E-state index in [1.807, 2.05) is 0 Å². The van der Waals surface area contributed by atoms with Crippen molar-refractivity contribution in [2.45, 2.75) is 45.1 Å². The van der Waals surface area contributed by atoms with Crippen LogP contribution in [0.3, 0.4) is 0 Å². The molecule has 0 radical (unpaired) electrons. The number of carbonyl (C=O) groups is 3. The van der Waals surface area contributed by atoms with Crippen LogP contribution < -0.4 is 5.32 Å². The highest BCUT2D eigenvalue weighted by Gasteiger charge is 2.20. The first kappa shape index (κ1) is 14.5. The Morgan fingerprint density at radius 1 is 1.39 bits per heavy atom. The van der Waals surface area contributed by atoms with Gasteiger partial charge in [0.15, 0.2) is 0 Å². The molecule has 102 valence electrons. The minimum atomic E-state index is -0.950. The zero-order valence-electron chi connectivity index (χ0n) is 10.6. The largest absolute Gasteiger partial charge is 0.481 e. The van der Waals surface area contributed by atoms with Crippen LogP contribution in [-0.4, -0.2) is 46.9 Å². The van der Waals surface area contributed by atoms with Crippen molar-refractivity contribution in [2.24, 2.45) is 0 Å². The second-order valence-corrected chi connectivity index (χ2v) is 4.69. The molecular weight excluding hydrogens is 236 g/mol. The molecule has 0 aliphatic carbocycles. The monoisotopic (exact) mass is 256 g/mol. The first-order valence-electron chi connectivity index (χ1n) is 6.28. The molecule has 1 aliphatic rings. The lowest BCUT2D eigenvalue weighted by Crippen LogP contribution is -2.43. The average molecular weight is 256 g/mol. The first-order chi connectivity index (χ1) is 8.49. The van der Waals surface area contributed by atoms with Crippen molar-refractivity contribution in [2.75, 3.05) is 13.1 Å². The van der Waals surface area contributed by atoms with Crippen LogP contribution in [0, 0.1) is 0 Å². The first-order valence-corrected chi connectivity index (χ1v) is 6.28. The van der Waals surface area contributed by atoms with Crippen LogP contribution in [0.2, 0.25) is 0 Å². The second kappa shape index (κ2) is 6.98. The summed E-state index contributed by atoms with van der Waals surface area (Å²) in [5.41, 5.74) is 0. The van der Waals surface area contributed by atoms with Gasteiger partial charge < -0.3 is 15.3 Å². The van der Waals surface area contributed by atoms with Crippen molar-refractivity contribution in [3.63, 3.8) is 0 Å². The predicted octanol–water partition coefficient (Wildman–Crippen LogP) is 0.368. The number of carboxylic acid groups (broad SMARTS) is 1. The predicted molar refractivity (Wildman–Crippen MR) is 64.9 cm³/mol. The number of likely N-dealkylation sites (tertiary alicyclic amines) is 1. The fourth-order valence-electron chi connectivity index (χ4n) is 2.01. The minimum absolute atomic E-state index is 0.00791. The standard InChI is InChI=1S/C12H20N2O4/c1-9(7-12(17)18)13-10(15)8-14-6-4-2-3-5-11(14)16/h9H,2-8H2,1H3,(H,13,15)(H,17,18). The lowest BCUT2D eigenvalue weighted by molar-refractivity contribution is -0.138. The average Bonchev–Trinajstić information content (AvgIpc) is 2.43. The van der Waals surface area contributed by atoms with Gasteiger partial charge in [-0.1, -0.05) is 6.42 Å². The van der Waals surface area contributed by atoms with Gasteiger partial charge in [-0.05, 0) is 19.8 Å². The lowest BCUT2D eigenvalue weighted by Gasteiger charge is -2.21. The maximum Gasteiger partial charge on any atom is 0.305 e. The van der Waals surface area contributed by atoms with E-state index in [9.17, 15) is 14.4 Å². The Labute approximate surface area is 106 Å². The van der Waals surface area contributed by atoms with Crippen molar-refractivity contribution in [1.29, 1.82) is 0 Å². The molecule has 0 aromatic rings. The van der Waals surface area contributed by atoms with E-state index in [0.29, 0.717) is 13.0 Å². The molecule has 1 atom stereocenters. The van der Waals surface area contributed by atoms with Crippen LogP contribution in [0.25, 0.3) is 0 Å². The fraction of sp³-hybridized carbons (Fsp3) is 0.750. The Kier molecular flexibility index (Phi) is 5.61. The van der Waals surface area contributed by atoms with E-state index in [2.05, 4.69) is 5.32 Å². The summed E-state index contributed by atoms with van der Waals surface area (Å²) in [5.74, 6) is -1.24. The number of nitrogens with zero attached hydrogens (tertiary/aromatic N) is 1. The van der Waals surface area contributed by atoms with E-state index in [-0.39, 0.29) is 24.8 Å². The third-order valence-corrected chi connectivity index (χ3v) is 2.89. The molecule has 6 heteroatoms. The zero-order chi connectivity index (χ0) is 13.5. The van der Waals surface area contributed by atoms with Crippen LogP contribution in [-0.2, 0) is 14.4 Å². The molecule has 1 unspecified atom stereocenters. The number of hydrogen-bond acceptors (Lipinski definition) is 3. The summed E-state index contributed by atoms with van der Waals surface area (Å²) in [7, 11) is 0. The van der Waals surface area contributed by atoms with Crippen molar-refractivity contribution in [3.05, 3.63) is 0 Å². The Balaban J connectivity index is 2.38. The smallest absolute Gasteiger partial charge is 0.305 e. The van der Waals surface area contributed by atoms with E-state index in [1.54, 1.807) is 11.8 Å². The third-order valence-electron chi connectivity index (χ3n) is 2.89. The van der Waals surface area contributed by atoms with E-state index in [0.717, 1.165) is 19.3 Å². The Morgan fingerprint density at radius 3 is 2.78 bits per heavy atom. The van der Waals surface area contributed by atoms with Crippen LogP contribution in [0.15, 0.2) is 0 Å². The van der Waals surface area contributed by atoms with Crippen LogP contribution in [0.4, 0.5) is 0 Å². The van der Waals surface area contributed by atoms with Gasteiger partial charge in [-0.15, -0.1) is 0 Å². The van der Waals surface area contributed by atoms with Crippen LogP contribution in [0.1, 0.15) is 39.0 Å². The molecule has 1 heterocycles. The maximum atomic E-state index is 11.7. The fourth-order valence-corrected chi connectivity index (χ4v) is 2.01. The van der Waals surface area contributed by atoms with Gasteiger partial charge in [-0.25, -0.2) is 0 Å². The van der Waals surface area contributed by atoms with Crippen molar-refractivity contribution < 1.29 is 19.5 Å². The zero-order valence-corrected chi connectivity index (χ0v) is 10.6. The summed E-state index contributed by atoms with van der Waals surface area (Å²) in [6.07, 6.45) is 3.20. The van der Waals surface area contributed by atoms with Gasteiger partial charge >= 0.3 is 5.97 Å². The number of carboxylic acids is 1. The summed E-state index contributed by atoms with van der Waals surface area (Å²) in [6, 6.07) is -0.419. The van der Waals surface area contributed by atoms with Gasteiger partial charge in [0.2, 0.25) is 11.8 Å². The number of aliphatic carboxylic acids is 1. The molecule has 2 amide bonds. The van der Waals surface area contributed by atoms with Gasteiger partial charge in [0.25, 0.3) is 0 Å². The quantitative estimate of drug-likeness (QED) is 0.744. The summed E-state index contributed by atoms with van der Waals surface area (Å²) in [5, 5.41) is 11.2. The summed E-state index contributed by atoms with van der Waals surface area (Å²) >= 11 is 0. The van der Waals surface area contributed by atoms with E-state index in [4.69, 9.17) is 5.11 Å². The minimum Gasteiger partial charge on any atom is -0.481 e. The van der Waals surface area contributed by atoms with Gasteiger partial charge in [0.05, 0.1) is 13.0 Å². The van der Waals surface area contributed by atoms with Gasteiger partial charge in [0, 0.05) is 19.0 Å². The van der Waals surface area contributed by atoms with Gasteiger partial charge in [-0.2, -0.15) is 0 Å². The molecule has 0 bridgehead atoms. The van der Waals surface area contributed by atoms with Gasteiger partial charge in [-0.3, -0.25) is 14.4 Å². The maximum absolute atomic E-state index is 11.7. The lowest BCUT2D eigenvalue weighted by atomic mass is 10.2. The molecule has 2 N–H and O–H groups in total. The van der Waals surface area contributed by atoms with Crippen molar-refractivity contribution >= 4 is 17.8 Å². The highest BCUT2D eigenvalue weighted by Crippen LogP contribution is 2.10. The number of amides is 2. The van der Waals surface area contributed by atoms with Crippen LogP contribution in [0.5, 0.6) is 0 Å². The number of hydrogen-bond donors (Lipinski definition) is 2. The molecule has 1 rings (SSSR count). The second-order valence-electron chi connectivity index (χ2n) is 4.69. The number of nitrogens with one attached hydrogen (secondary N) is 1. The van der Waals surface area contributed by atoms with Gasteiger partial charge in [0.1, 0.15) is 0 Å². The molecule has 1 fully saturated rings. The van der Waals surface area contributed by atoms with Crippen molar-refractivity contribution in [1.82, 2.24) is 10.2 Å². The molecule has 0 aromatic carbocycles. The van der Waals surface area contributed by atoms with E-state index >= 15 is 0 Å². The molecule has 0 aromatic heterocycles. The number of carbonyl (C=O) groups excluding carboxylic acids is 2. The Morgan fingerprint density at radius 2 is 2.11 bits per heavy atom. The highest BCUT2D eigenvalue weighted by atomic mass is 16.4. The molecule has 6 nitrogen and oxygen atoms in total. The van der Waals surface area contributed by atoms with Crippen molar-refractivity contribution in [3.8, 4) is 0 Å². The molecular formula is C12H20N2O4.